The summed E-state index contributed by atoms with van der Waals surface area (Å²) in [4.78, 5) is 27.4. The molecule has 0 N–H and O–H groups in total. The fourth-order valence-corrected chi connectivity index (χ4v) is 3.01. The van der Waals surface area contributed by atoms with E-state index in [1.54, 1.807) is 0 Å². The third kappa shape index (κ3) is 4.67. The third-order valence-corrected chi connectivity index (χ3v) is 4.65. The van der Waals surface area contributed by atoms with E-state index in [1.807, 2.05) is 61.5 Å². The number of cyclic esters (lactones) is 1. The topological polar surface area (TPSA) is 91.0 Å². The van der Waals surface area contributed by atoms with E-state index in [9.17, 15) is 14.9 Å². The number of ether oxygens (including phenoxy) is 2. The minimum absolute atomic E-state index is 0.0423. The normalized spacial score (nSPS) is 14.3. The van der Waals surface area contributed by atoms with Gasteiger partial charge in [-0.05, 0) is 36.8 Å². The Morgan fingerprint density at radius 2 is 1.81 bits per heavy atom. The maximum Gasteiger partial charge on any atom is 0.363 e. The number of rotatable bonds is 6. The van der Waals surface area contributed by atoms with Crippen LogP contribution in [0, 0.1) is 17.0 Å². The number of carbonyl (C=O) groups is 1. The fraction of sp³-hybridized carbons (Fsp3) is 0.0833. The molecule has 3 aromatic rings. The highest BCUT2D eigenvalue weighted by Crippen LogP contribution is 2.29. The third-order valence-electron chi connectivity index (χ3n) is 4.65. The maximum atomic E-state index is 12.4. The van der Waals surface area contributed by atoms with Gasteiger partial charge in [0.25, 0.3) is 5.69 Å². The zero-order chi connectivity index (χ0) is 21.8. The summed E-state index contributed by atoms with van der Waals surface area (Å²) in [6.07, 6.45) is 1.44. The van der Waals surface area contributed by atoms with Crippen LogP contribution >= 0.6 is 0 Å². The quantitative estimate of drug-likeness (QED) is 0.249. The van der Waals surface area contributed by atoms with Crippen LogP contribution in [-0.2, 0) is 16.1 Å². The molecule has 7 heteroatoms. The van der Waals surface area contributed by atoms with Gasteiger partial charge in [0.05, 0.1) is 4.92 Å². The van der Waals surface area contributed by atoms with Crippen LogP contribution in [-0.4, -0.2) is 16.8 Å². The van der Waals surface area contributed by atoms with Crippen LogP contribution in [0.1, 0.15) is 22.3 Å². The first-order valence-corrected chi connectivity index (χ1v) is 9.54. The standard InChI is InChI=1S/C24H18N2O5/c1-16-7-9-18(10-8-16)23-25-21(24(27)31-23)14-19-13-20(26(28)29)11-12-22(19)30-15-17-5-3-2-4-6-17/h2-14H,15H2,1H3/b21-14+. The largest absolute Gasteiger partial charge is 0.488 e. The van der Waals surface area contributed by atoms with Crippen LogP contribution in [0.2, 0.25) is 0 Å². The lowest BCUT2D eigenvalue weighted by molar-refractivity contribution is -0.384. The second kappa shape index (κ2) is 8.62. The van der Waals surface area contributed by atoms with Crippen molar-refractivity contribution in [1.29, 1.82) is 0 Å². The van der Waals surface area contributed by atoms with E-state index in [-0.39, 0.29) is 23.9 Å². The molecule has 3 aromatic carbocycles. The van der Waals surface area contributed by atoms with Crippen molar-refractivity contribution < 1.29 is 19.2 Å². The van der Waals surface area contributed by atoms with Gasteiger partial charge in [-0.3, -0.25) is 10.1 Å². The van der Waals surface area contributed by atoms with Crippen molar-refractivity contribution in [3.63, 3.8) is 0 Å². The minimum Gasteiger partial charge on any atom is -0.488 e. The fourth-order valence-electron chi connectivity index (χ4n) is 3.01. The molecule has 0 radical (unpaired) electrons. The Morgan fingerprint density at radius 3 is 2.52 bits per heavy atom. The number of aliphatic imine (C=N–C) groups is 1. The van der Waals surface area contributed by atoms with Crippen LogP contribution in [0.3, 0.4) is 0 Å². The van der Waals surface area contributed by atoms with Gasteiger partial charge in [0.2, 0.25) is 5.90 Å². The van der Waals surface area contributed by atoms with E-state index < -0.39 is 10.9 Å². The second-order valence-corrected chi connectivity index (χ2v) is 6.96. The summed E-state index contributed by atoms with van der Waals surface area (Å²) in [7, 11) is 0. The zero-order valence-corrected chi connectivity index (χ0v) is 16.6. The van der Waals surface area contributed by atoms with Crippen molar-refractivity contribution in [1.82, 2.24) is 0 Å². The molecule has 31 heavy (non-hydrogen) atoms. The molecule has 1 aliphatic heterocycles. The molecule has 0 saturated heterocycles. The average Bonchev–Trinajstić information content (AvgIpc) is 3.14. The molecule has 4 rings (SSSR count). The molecular formula is C24H18N2O5. The highest BCUT2D eigenvalue weighted by molar-refractivity contribution is 6.13. The molecule has 1 heterocycles. The molecule has 0 fully saturated rings. The lowest BCUT2D eigenvalue weighted by atomic mass is 10.1. The maximum absolute atomic E-state index is 12.4. The van der Waals surface area contributed by atoms with Crippen molar-refractivity contribution >= 4 is 23.6 Å². The summed E-state index contributed by atoms with van der Waals surface area (Å²) in [5.74, 6) is -0.0433. The van der Waals surface area contributed by atoms with Crippen molar-refractivity contribution in [3.8, 4) is 5.75 Å². The average molecular weight is 414 g/mol. The van der Waals surface area contributed by atoms with E-state index in [0.717, 1.165) is 11.1 Å². The highest BCUT2D eigenvalue weighted by Gasteiger charge is 2.25. The minimum atomic E-state index is -0.629. The lowest BCUT2D eigenvalue weighted by Crippen LogP contribution is -2.05. The van der Waals surface area contributed by atoms with E-state index in [1.165, 1.54) is 24.3 Å². The van der Waals surface area contributed by atoms with Crippen molar-refractivity contribution in [2.75, 3.05) is 0 Å². The molecule has 0 spiro atoms. The monoisotopic (exact) mass is 414 g/mol. The molecule has 0 bridgehead atoms. The van der Waals surface area contributed by atoms with Gasteiger partial charge in [-0.15, -0.1) is 0 Å². The molecule has 0 saturated carbocycles. The highest BCUT2D eigenvalue weighted by atomic mass is 16.6. The Bertz CT molecular complexity index is 1200. The molecule has 0 amide bonds. The van der Waals surface area contributed by atoms with Crippen LogP contribution < -0.4 is 4.74 Å². The summed E-state index contributed by atoms with van der Waals surface area (Å²) in [5, 5.41) is 11.2. The summed E-state index contributed by atoms with van der Waals surface area (Å²) in [5.41, 5.74) is 2.97. The number of hydrogen-bond donors (Lipinski definition) is 0. The van der Waals surface area contributed by atoms with Crippen LogP contribution in [0.5, 0.6) is 5.75 Å². The van der Waals surface area contributed by atoms with Crippen molar-refractivity contribution in [3.05, 3.63) is 111 Å². The number of nitrogens with zero attached hydrogens (tertiary/aromatic N) is 2. The number of benzene rings is 3. The van der Waals surface area contributed by atoms with Gasteiger partial charge in [0.1, 0.15) is 12.4 Å². The number of carbonyl (C=O) groups excluding carboxylic acids is 1. The molecule has 154 valence electrons. The molecule has 0 atom stereocenters. The summed E-state index contributed by atoms with van der Waals surface area (Å²) < 4.78 is 11.1. The van der Waals surface area contributed by atoms with Crippen molar-refractivity contribution in [2.45, 2.75) is 13.5 Å². The van der Waals surface area contributed by atoms with E-state index in [0.29, 0.717) is 16.9 Å². The van der Waals surface area contributed by atoms with E-state index in [2.05, 4.69) is 4.99 Å². The van der Waals surface area contributed by atoms with Crippen LogP contribution in [0.25, 0.3) is 6.08 Å². The van der Waals surface area contributed by atoms with Gasteiger partial charge in [-0.25, -0.2) is 9.79 Å². The SMILES string of the molecule is Cc1ccc(C2=N/C(=C/c3cc([N+](=O)[O-])ccc3OCc3ccccc3)C(=O)O2)cc1. The van der Waals surface area contributed by atoms with Gasteiger partial charge in [-0.2, -0.15) is 0 Å². The Balaban J connectivity index is 1.67. The van der Waals surface area contributed by atoms with E-state index in [4.69, 9.17) is 9.47 Å². The Hall–Kier alpha value is -4.26. The van der Waals surface area contributed by atoms with E-state index >= 15 is 0 Å². The lowest BCUT2D eigenvalue weighted by Gasteiger charge is -2.09. The first-order valence-electron chi connectivity index (χ1n) is 9.54. The Labute approximate surface area is 178 Å². The van der Waals surface area contributed by atoms with Gasteiger partial charge in [0, 0.05) is 23.3 Å². The van der Waals surface area contributed by atoms with Gasteiger partial charge >= 0.3 is 5.97 Å². The zero-order valence-electron chi connectivity index (χ0n) is 16.6. The van der Waals surface area contributed by atoms with Crippen molar-refractivity contribution in [2.24, 2.45) is 4.99 Å². The van der Waals surface area contributed by atoms with Crippen LogP contribution in [0.4, 0.5) is 5.69 Å². The summed E-state index contributed by atoms with van der Waals surface area (Å²) >= 11 is 0. The predicted octanol–water partition coefficient (Wildman–Crippen LogP) is 4.83. The summed E-state index contributed by atoms with van der Waals surface area (Å²) in [6, 6.07) is 21.1. The molecular weight excluding hydrogens is 396 g/mol. The number of esters is 1. The number of aryl methyl sites for hydroxylation is 1. The van der Waals surface area contributed by atoms with Gasteiger partial charge in [-0.1, -0.05) is 48.0 Å². The summed E-state index contributed by atoms with van der Waals surface area (Å²) in [6.45, 7) is 2.23. The number of nitro benzene ring substituents is 1. The molecule has 1 aliphatic rings. The Kier molecular flexibility index (Phi) is 5.57. The second-order valence-electron chi connectivity index (χ2n) is 6.96. The molecule has 0 aromatic heterocycles. The van der Waals surface area contributed by atoms with Gasteiger partial charge in [0.15, 0.2) is 5.70 Å². The predicted molar refractivity (Wildman–Crippen MR) is 116 cm³/mol. The Morgan fingerprint density at radius 1 is 1.06 bits per heavy atom. The number of hydrogen-bond acceptors (Lipinski definition) is 6. The van der Waals surface area contributed by atoms with Crippen LogP contribution in [0.15, 0.2) is 83.5 Å². The van der Waals surface area contributed by atoms with Gasteiger partial charge < -0.3 is 9.47 Å². The molecule has 7 nitrogen and oxygen atoms in total. The first kappa shape index (κ1) is 20.0. The first-order chi connectivity index (χ1) is 15.0. The number of nitro groups is 1. The number of non-ortho nitro benzene ring substituents is 1. The smallest absolute Gasteiger partial charge is 0.363 e. The molecule has 0 unspecified atom stereocenters. The molecule has 0 aliphatic carbocycles.